The molecular weight excluding hydrogens is 176 g/mol. The number of allylic oxidation sites excluding steroid dienone is 2. The Kier molecular flexibility index (Phi) is 6.96. The van der Waals surface area contributed by atoms with E-state index < -0.39 is 0 Å². The van der Waals surface area contributed by atoms with Crippen LogP contribution < -0.4 is 0 Å². The van der Waals surface area contributed by atoms with E-state index in [1.54, 1.807) is 25.1 Å². The monoisotopic (exact) mass is 190 g/mol. The first-order valence-electron chi connectivity index (χ1n) is 4.33. The molecule has 0 aliphatic heterocycles. The first-order valence-corrected chi connectivity index (χ1v) is 4.33. The van der Waals surface area contributed by atoms with Gasteiger partial charge in [-0.1, -0.05) is 36.4 Å². The van der Waals surface area contributed by atoms with E-state index in [-0.39, 0.29) is 0 Å². The highest BCUT2D eigenvalue weighted by Crippen LogP contribution is 1.91. The van der Waals surface area contributed by atoms with E-state index in [4.69, 9.17) is 0 Å². The summed E-state index contributed by atoms with van der Waals surface area (Å²) in [7, 11) is 0. The first kappa shape index (κ1) is 12.3. The molecule has 74 valence electrons. The number of hydrogen-bond donors (Lipinski definition) is 0. The van der Waals surface area contributed by atoms with Gasteiger partial charge in [-0.05, 0) is 19.4 Å². The van der Waals surface area contributed by atoms with Crippen molar-refractivity contribution in [3.63, 3.8) is 0 Å². The van der Waals surface area contributed by atoms with Crippen molar-refractivity contribution < 1.29 is 9.59 Å². The zero-order valence-corrected chi connectivity index (χ0v) is 8.44. The zero-order chi connectivity index (χ0) is 10.8. The molecule has 0 aliphatic carbocycles. The second-order valence-electron chi connectivity index (χ2n) is 2.68. The third-order valence-electron chi connectivity index (χ3n) is 1.58. The molecule has 0 radical (unpaired) electrons. The molecule has 0 spiro atoms. The highest BCUT2D eigenvalue weighted by atomic mass is 16.1. The van der Waals surface area contributed by atoms with Crippen LogP contribution in [0.4, 0.5) is 0 Å². The lowest BCUT2D eigenvalue weighted by atomic mass is 10.2. The highest BCUT2D eigenvalue weighted by molar-refractivity contribution is 5.74. The molecule has 14 heavy (non-hydrogen) atoms. The molecule has 0 heterocycles. The molecule has 0 N–H and O–H groups in total. The average Bonchev–Trinajstić information content (AvgIpc) is 2.30. The van der Waals surface area contributed by atoms with E-state index in [0.29, 0.717) is 0 Å². The molecule has 2 heteroatoms. The van der Waals surface area contributed by atoms with Gasteiger partial charge in [-0.15, -0.1) is 0 Å². The second kappa shape index (κ2) is 7.92. The molecular formula is C12H14O2. The van der Waals surface area contributed by atoms with Crippen molar-refractivity contribution in [2.24, 2.45) is 0 Å². The van der Waals surface area contributed by atoms with Gasteiger partial charge in [-0.2, -0.15) is 0 Å². The maximum absolute atomic E-state index is 10.0. The van der Waals surface area contributed by atoms with Gasteiger partial charge in [0.1, 0.15) is 12.6 Å². The second-order valence-corrected chi connectivity index (χ2v) is 2.68. The van der Waals surface area contributed by atoms with E-state index in [1.807, 2.05) is 25.1 Å². The van der Waals surface area contributed by atoms with Crippen LogP contribution in [0.3, 0.4) is 0 Å². The number of aldehydes is 2. The minimum Gasteiger partial charge on any atom is -0.298 e. The van der Waals surface area contributed by atoms with E-state index >= 15 is 0 Å². The fourth-order valence-corrected chi connectivity index (χ4v) is 0.600. The van der Waals surface area contributed by atoms with E-state index in [2.05, 4.69) is 0 Å². The molecule has 0 saturated carbocycles. The predicted molar refractivity (Wildman–Crippen MR) is 57.3 cm³/mol. The molecule has 0 atom stereocenters. The van der Waals surface area contributed by atoms with Crippen molar-refractivity contribution >= 4 is 12.6 Å². The summed E-state index contributed by atoms with van der Waals surface area (Å²) in [6, 6.07) is 9.10. The minimum absolute atomic E-state index is 0.729. The summed E-state index contributed by atoms with van der Waals surface area (Å²) in [5.41, 5.74) is 1.52. The van der Waals surface area contributed by atoms with Gasteiger partial charge in [-0.25, -0.2) is 0 Å². The molecule has 0 aromatic heterocycles. The first-order chi connectivity index (χ1) is 6.74. The molecule has 2 nitrogen and oxygen atoms in total. The van der Waals surface area contributed by atoms with Crippen LogP contribution in [0.15, 0.2) is 42.0 Å². The Hall–Kier alpha value is -1.70. The molecule has 1 aromatic carbocycles. The predicted octanol–water partition coefficient (Wildman–Crippen LogP) is 2.65. The van der Waals surface area contributed by atoms with Gasteiger partial charge >= 0.3 is 0 Å². The molecule has 0 amide bonds. The number of rotatable bonds is 2. The number of benzene rings is 1. The standard InChI is InChI=1S/C7H6O.C5H8O/c8-6-7-4-2-1-3-5-7;1-3-5(2)4-6/h1-6H;3-4H,1-2H3/b;5-3+. The fraction of sp³-hybridized carbons (Fsp3) is 0.167. The van der Waals surface area contributed by atoms with Gasteiger partial charge in [0.05, 0.1) is 0 Å². The fourth-order valence-electron chi connectivity index (χ4n) is 0.600. The summed E-state index contributed by atoms with van der Waals surface area (Å²) in [5.74, 6) is 0. The third-order valence-corrected chi connectivity index (χ3v) is 1.58. The Bertz CT molecular complexity index is 299. The highest BCUT2D eigenvalue weighted by Gasteiger charge is 1.80. The zero-order valence-electron chi connectivity index (χ0n) is 8.44. The Balaban J connectivity index is 0.000000255. The number of carbonyl (C=O) groups excluding carboxylic acids is 2. The van der Waals surface area contributed by atoms with Crippen molar-refractivity contribution in [1.29, 1.82) is 0 Å². The summed E-state index contributed by atoms with van der Waals surface area (Å²) in [6.07, 6.45) is 3.44. The van der Waals surface area contributed by atoms with Crippen LogP contribution >= 0.6 is 0 Å². The topological polar surface area (TPSA) is 34.1 Å². The van der Waals surface area contributed by atoms with Crippen molar-refractivity contribution in [2.45, 2.75) is 13.8 Å². The summed E-state index contributed by atoms with van der Waals surface area (Å²) in [5, 5.41) is 0. The van der Waals surface area contributed by atoms with Crippen LogP contribution in [0.2, 0.25) is 0 Å². The van der Waals surface area contributed by atoms with Crippen LogP contribution in [-0.4, -0.2) is 12.6 Å². The van der Waals surface area contributed by atoms with Gasteiger partial charge in [0, 0.05) is 5.56 Å². The van der Waals surface area contributed by atoms with Crippen molar-refractivity contribution in [3.8, 4) is 0 Å². The third kappa shape index (κ3) is 5.89. The summed E-state index contributed by atoms with van der Waals surface area (Å²) >= 11 is 0. The maximum Gasteiger partial charge on any atom is 0.150 e. The van der Waals surface area contributed by atoms with Crippen LogP contribution in [0, 0.1) is 0 Å². The van der Waals surface area contributed by atoms with Crippen molar-refractivity contribution in [2.75, 3.05) is 0 Å². The van der Waals surface area contributed by atoms with Crippen LogP contribution in [0.1, 0.15) is 24.2 Å². The Morgan fingerprint density at radius 3 is 1.93 bits per heavy atom. The van der Waals surface area contributed by atoms with Gasteiger partial charge in [0.2, 0.25) is 0 Å². The number of carbonyl (C=O) groups is 2. The molecule has 0 saturated heterocycles. The Morgan fingerprint density at radius 1 is 1.14 bits per heavy atom. The quantitative estimate of drug-likeness (QED) is 0.530. The minimum atomic E-state index is 0.729. The van der Waals surface area contributed by atoms with Gasteiger partial charge in [0.15, 0.2) is 0 Å². The molecule has 0 fully saturated rings. The average molecular weight is 190 g/mol. The number of hydrogen-bond acceptors (Lipinski definition) is 2. The molecule has 0 aliphatic rings. The molecule has 0 unspecified atom stereocenters. The smallest absolute Gasteiger partial charge is 0.150 e. The lowest BCUT2D eigenvalue weighted by molar-refractivity contribution is -0.104. The normalized spacial score (nSPS) is 9.71. The molecule has 1 rings (SSSR count). The summed E-state index contributed by atoms with van der Waals surface area (Å²) < 4.78 is 0. The van der Waals surface area contributed by atoms with Gasteiger partial charge in [-0.3, -0.25) is 9.59 Å². The van der Waals surface area contributed by atoms with Crippen LogP contribution in [-0.2, 0) is 4.79 Å². The van der Waals surface area contributed by atoms with E-state index in [0.717, 1.165) is 23.7 Å². The SMILES string of the molecule is C/C=C(\C)C=O.O=Cc1ccccc1. The Morgan fingerprint density at radius 2 is 1.71 bits per heavy atom. The maximum atomic E-state index is 10.0. The molecule has 1 aromatic rings. The Labute approximate surface area is 84.3 Å². The van der Waals surface area contributed by atoms with Crippen molar-refractivity contribution in [1.82, 2.24) is 0 Å². The van der Waals surface area contributed by atoms with Crippen molar-refractivity contribution in [3.05, 3.63) is 47.5 Å². The lowest BCUT2D eigenvalue weighted by Gasteiger charge is -1.81. The molecule has 0 bridgehead atoms. The van der Waals surface area contributed by atoms with Crippen LogP contribution in [0.5, 0.6) is 0 Å². The largest absolute Gasteiger partial charge is 0.298 e. The summed E-state index contributed by atoms with van der Waals surface area (Å²) in [6.45, 7) is 3.61. The lowest BCUT2D eigenvalue weighted by Crippen LogP contribution is -1.73. The summed E-state index contributed by atoms with van der Waals surface area (Å²) in [4.78, 5) is 19.7. The van der Waals surface area contributed by atoms with Gasteiger partial charge in [0.25, 0.3) is 0 Å². The van der Waals surface area contributed by atoms with Crippen LogP contribution in [0.25, 0.3) is 0 Å². The van der Waals surface area contributed by atoms with Gasteiger partial charge < -0.3 is 0 Å². The van der Waals surface area contributed by atoms with E-state index in [9.17, 15) is 9.59 Å². The van der Waals surface area contributed by atoms with E-state index in [1.165, 1.54) is 0 Å².